The molecule has 0 heterocycles. The molecule has 2 aromatic carbocycles. The van der Waals surface area contributed by atoms with Crippen molar-refractivity contribution >= 4 is 23.3 Å². The maximum absolute atomic E-state index is 11.7. The third kappa shape index (κ3) is 3.03. The number of carbonyl (C=O) groups is 1. The van der Waals surface area contributed by atoms with Gasteiger partial charge in [-0.2, -0.15) is 0 Å². The Morgan fingerprint density at radius 2 is 1.95 bits per heavy atom. The van der Waals surface area contributed by atoms with Crippen LogP contribution in [0.25, 0.3) is 0 Å². The average Bonchev–Trinajstić information content (AvgIpc) is 2.46. The summed E-state index contributed by atoms with van der Waals surface area (Å²) in [6.45, 7) is 0.180. The molecule has 104 valence electrons. The van der Waals surface area contributed by atoms with Crippen LogP contribution in [0.15, 0.2) is 42.5 Å². The number of methoxy groups -OCH3 is 1. The lowest BCUT2D eigenvalue weighted by Crippen LogP contribution is -2.11. The molecule has 0 spiro atoms. The summed E-state index contributed by atoms with van der Waals surface area (Å²) in [5.41, 5.74) is 7.14. The van der Waals surface area contributed by atoms with Gasteiger partial charge in [-0.25, -0.2) is 4.79 Å². The van der Waals surface area contributed by atoms with Crippen LogP contribution in [0.5, 0.6) is 5.75 Å². The number of halogens is 1. The van der Waals surface area contributed by atoms with Crippen LogP contribution >= 0.6 is 11.6 Å². The van der Waals surface area contributed by atoms with Crippen LogP contribution in [-0.2, 0) is 11.3 Å². The minimum atomic E-state index is -0.485. The minimum Gasteiger partial charge on any atom is -0.487 e. The van der Waals surface area contributed by atoms with E-state index in [0.717, 1.165) is 0 Å². The first-order chi connectivity index (χ1) is 9.63. The molecule has 0 aliphatic heterocycles. The maximum atomic E-state index is 11.7. The van der Waals surface area contributed by atoms with Gasteiger partial charge in [0.15, 0.2) is 0 Å². The van der Waals surface area contributed by atoms with Gasteiger partial charge in [0.25, 0.3) is 0 Å². The zero-order valence-corrected chi connectivity index (χ0v) is 11.7. The molecule has 0 aromatic heterocycles. The van der Waals surface area contributed by atoms with Crippen molar-refractivity contribution in [2.24, 2.45) is 0 Å². The standard InChI is InChI=1S/C15H14ClNO3/c1-19-15(18)14-10(5-4-7-12(14)17)9-20-13-8-3-2-6-11(13)16/h2-8H,9,17H2,1H3. The van der Waals surface area contributed by atoms with Gasteiger partial charge in [0.2, 0.25) is 0 Å². The van der Waals surface area contributed by atoms with Crippen LogP contribution < -0.4 is 10.5 Å². The molecule has 2 rings (SSSR count). The lowest BCUT2D eigenvalue weighted by molar-refractivity contribution is 0.0599. The minimum absolute atomic E-state index is 0.180. The number of hydrogen-bond acceptors (Lipinski definition) is 4. The number of anilines is 1. The van der Waals surface area contributed by atoms with Crippen molar-refractivity contribution in [2.45, 2.75) is 6.61 Å². The van der Waals surface area contributed by atoms with Gasteiger partial charge in [0.05, 0.1) is 17.7 Å². The third-order valence-electron chi connectivity index (χ3n) is 2.79. The maximum Gasteiger partial charge on any atom is 0.340 e. The van der Waals surface area contributed by atoms with Crippen molar-refractivity contribution in [1.82, 2.24) is 0 Å². The van der Waals surface area contributed by atoms with Crippen LogP contribution in [0.3, 0.4) is 0 Å². The van der Waals surface area contributed by atoms with E-state index in [0.29, 0.717) is 27.6 Å². The van der Waals surface area contributed by atoms with Crippen molar-refractivity contribution in [3.63, 3.8) is 0 Å². The van der Waals surface area contributed by atoms with E-state index in [2.05, 4.69) is 0 Å². The SMILES string of the molecule is COC(=O)c1c(N)cccc1COc1ccccc1Cl. The van der Waals surface area contributed by atoms with E-state index in [-0.39, 0.29) is 6.61 Å². The Bertz CT molecular complexity index is 628. The Kier molecular flexibility index (Phi) is 4.48. The first-order valence-electron chi connectivity index (χ1n) is 5.96. The van der Waals surface area contributed by atoms with Crippen LogP contribution in [-0.4, -0.2) is 13.1 Å². The van der Waals surface area contributed by atoms with Gasteiger partial charge in [-0.1, -0.05) is 35.9 Å². The number of carbonyl (C=O) groups excluding carboxylic acids is 1. The second-order valence-corrected chi connectivity index (χ2v) is 4.50. The number of rotatable bonds is 4. The van der Waals surface area contributed by atoms with Gasteiger partial charge in [-0.3, -0.25) is 0 Å². The molecule has 5 heteroatoms. The summed E-state index contributed by atoms with van der Waals surface area (Å²) in [4.78, 5) is 11.7. The Balaban J connectivity index is 2.24. The fourth-order valence-corrected chi connectivity index (χ4v) is 2.00. The highest BCUT2D eigenvalue weighted by atomic mass is 35.5. The normalized spacial score (nSPS) is 10.1. The molecular formula is C15H14ClNO3. The molecule has 2 N–H and O–H groups in total. The zero-order valence-electron chi connectivity index (χ0n) is 10.9. The summed E-state index contributed by atoms with van der Waals surface area (Å²) in [5.74, 6) is 0.0632. The summed E-state index contributed by atoms with van der Waals surface area (Å²) in [7, 11) is 1.31. The Hall–Kier alpha value is -2.20. The van der Waals surface area contributed by atoms with Gasteiger partial charge < -0.3 is 15.2 Å². The fraction of sp³-hybridized carbons (Fsp3) is 0.133. The van der Waals surface area contributed by atoms with Crippen molar-refractivity contribution in [3.05, 3.63) is 58.6 Å². The first kappa shape index (κ1) is 14.2. The predicted octanol–water partition coefficient (Wildman–Crippen LogP) is 3.29. The molecule has 0 unspecified atom stereocenters. The Morgan fingerprint density at radius 1 is 1.20 bits per heavy atom. The fourth-order valence-electron chi connectivity index (χ4n) is 1.81. The van der Waals surface area contributed by atoms with Gasteiger partial charge in [0.1, 0.15) is 12.4 Å². The summed E-state index contributed by atoms with van der Waals surface area (Å²) in [6, 6.07) is 12.3. The third-order valence-corrected chi connectivity index (χ3v) is 3.10. The van der Waals surface area contributed by atoms with E-state index in [1.165, 1.54) is 7.11 Å². The van der Waals surface area contributed by atoms with Crippen LogP contribution in [0, 0.1) is 0 Å². The molecule has 0 bridgehead atoms. The summed E-state index contributed by atoms with van der Waals surface area (Å²) >= 11 is 6.01. The molecule has 0 saturated carbocycles. The molecule has 4 nitrogen and oxygen atoms in total. The van der Waals surface area contributed by atoms with Gasteiger partial charge in [-0.05, 0) is 18.2 Å². The highest BCUT2D eigenvalue weighted by Crippen LogP contribution is 2.25. The number of para-hydroxylation sites is 1. The van der Waals surface area contributed by atoms with Crippen LogP contribution in [0.2, 0.25) is 5.02 Å². The van der Waals surface area contributed by atoms with Crippen molar-refractivity contribution in [3.8, 4) is 5.75 Å². The summed E-state index contributed by atoms with van der Waals surface area (Å²) in [6.07, 6.45) is 0. The number of benzene rings is 2. The monoisotopic (exact) mass is 291 g/mol. The van der Waals surface area contributed by atoms with Gasteiger partial charge in [-0.15, -0.1) is 0 Å². The van der Waals surface area contributed by atoms with E-state index >= 15 is 0 Å². The second kappa shape index (κ2) is 6.30. The van der Waals surface area contributed by atoms with Gasteiger partial charge in [0, 0.05) is 11.3 Å². The van der Waals surface area contributed by atoms with E-state index < -0.39 is 5.97 Å². The molecule has 0 fully saturated rings. The topological polar surface area (TPSA) is 61.5 Å². The molecule has 2 aromatic rings. The second-order valence-electron chi connectivity index (χ2n) is 4.09. The van der Waals surface area contributed by atoms with E-state index in [9.17, 15) is 4.79 Å². The molecule has 0 aliphatic carbocycles. The molecule has 0 saturated heterocycles. The Morgan fingerprint density at radius 3 is 2.65 bits per heavy atom. The van der Waals surface area contributed by atoms with E-state index in [1.807, 2.05) is 12.1 Å². The predicted molar refractivity (Wildman–Crippen MR) is 78.0 cm³/mol. The zero-order chi connectivity index (χ0) is 14.5. The smallest absolute Gasteiger partial charge is 0.340 e. The van der Waals surface area contributed by atoms with Crippen LogP contribution in [0.4, 0.5) is 5.69 Å². The molecule has 0 aliphatic rings. The average molecular weight is 292 g/mol. The highest BCUT2D eigenvalue weighted by molar-refractivity contribution is 6.32. The van der Waals surface area contributed by atoms with Crippen molar-refractivity contribution < 1.29 is 14.3 Å². The molecular weight excluding hydrogens is 278 g/mol. The van der Waals surface area contributed by atoms with E-state index in [1.54, 1.807) is 30.3 Å². The number of nitrogens with two attached hydrogens (primary N) is 1. The van der Waals surface area contributed by atoms with Crippen LogP contribution in [0.1, 0.15) is 15.9 Å². The number of hydrogen-bond donors (Lipinski definition) is 1. The van der Waals surface area contributed by atoms with Crippen molar-refractivity contribution in [2.75, 3.05) is 12.8 Å². The lowest BCUT2D eigenvalue weighted by Gasteiger charge is -2.12. The van der Waals surface area contributed by atoms with Crippen molar-refractivity contribution in [1.29, 1.82) is 0 Å². The molecule has 0 radical (unpaired) electrons. The Labute approximate surface area is 122 Å². The number of nitrogen functional groups attached to an aromatic ring is 1. The molecule has 20 heavy (non-hydrogen) atoms. The van der Waals surface area contributed by atoms with E-state index in [4.69, 9.17) is 26.8 Å². The molecule has 0 atom stereocenters. The largest absolute Gasteiger partial charge is 0.487 e. The summed E-state index contributed by atoms with van der Waals surface area (Å²) < 4.78 is 10.4. The molecule has 0 amide bonds. The number of ether oxygens (including phenoxy) is 2. The lowest BCUT2D eigenvalue weighted by atomic mass is 10.1. The summed E-state index contributed by atoms with van der Waals surface area (Å²) in [5, 5.41) is 0.510. The highest BCUT2D eigenvalue weighted by Gasteiger charge is 2.15. The quantitative estimate of drug-likeness (QED) is 0.693. The van der Waals surface area contributed by atoms with Gasteiger partial charge >= 0.3 is 5.97 Å². The number of esters is 1. The first-order valence-corrected chi connectivity index (χ1v) is 6.34.